The highest BCUT2D eigenvalue weighted by molar-refractivity contribution is 5.92. The number of benzene rings is 2. The monoisotopic (exact) mass is 380 g/mol. The summed E-state index contributed by atoms with van der Waals surface area (Å²) in [6.07, 6.45) is 1.93. The molecule has 4 N–H and O–H groups in total. The Morgan fingerprint density at radius 2 is 1.07 bits per heavy atom. The number of aliphatic imine (C=N–C) groups is 2. The first-order valence-electron chi connectivity index (χ1n) is 10.1. The molecule has 0 atom stereocenters. The maximum atomic E-state index is 5.83. The summed E-state index contributed by atoms with van der Waals surface area (Å²) < 4.78 is 11.7. The molecule has 2 aliphatic rings. The summed E-state index contributed by atoms with van der Waals surface area (Å²) in [5.74, 6) is 4.02. The van der Waals surface area contributed by atoms with Gasteiger partial charge in [-0.05, 0) is 61.4 Å². The molecule has 28 heavy (non-hydrogen) atoms. The first kappa shape index (κ1) is 18.7. The molecule has 0 radical (unpaired) electrons. The lowest BCUT2D eigenvalue weighted by atomic mass is 10.2. The predicted molar refractivity (Wildman–Crippen MR) is 110 cm³/mol. The van der Waals surface area contributed by atoms with E-state index in [1.54, 1.807) is 0 Å². The Balaban J connectivity index is 1.12. The van der Waals surface area contributed by atoms with Crippen molar-refractivity contribution >= 4 is 11.7 Å². The van der Waals surface area contributed by atoms with Crippen molar-refractivity contribution < 1.29 is 20.1 Å². The van der Waals surface area contributed by atoms with Gasteiger partial charge in [0.2, 0.25) is 11.7 Å². The Morgan fingerprint density at radius 1 is 0.643 bits per heavy atom. The number of unbranched alkanes of at least 4 members (excludes halogenated alkanes) is 1. The van der Waals surface area contributed by atoms with E-state index in [0.29, 0.717) is 13.2 Å². The minimum Gasteiger partial charge on any atom is -0.494 e. The van der Waals surface area contributed by atoms with Gasteiger partial charge in [-0.25, -0.2) is 9.98 Å². The van der Waals surface area contributed by atoms with Gasteiger partial charge in [0.05, 0.1) is 37.4 Å². The lowest BCUT2D eigenvalue weighted by Gasteiger charge is -2.08. The number of quaternary nitrogens is 2. The molecule has 6 heteroatoms. The molecule has 2 aliphatic heterocycles. The molecule has 0 saturated heterocycles. The van der Waals surface area contributed by atoms with Gasteiger partial charge in [-0.2, -0.15) is 0 Å². The van der Waals surface area contributed by atoms with Gasteiger partial charge in [-0.3, -0.25) is 10.6 Å². The highest BCUT2D eigenvalue weighted by Crippen LogP contribution is 2.14. The average molecular weight is 380 g/mol. The molecule has 0 spiro atoms. The summed E-state index contributed by atoms with van der Waals surface area (Å²) in [7, 11) is 0. The topological polar surface area (TPSA) is 76.4 Å². The molecule has 0 unspecified atom stereocenters. The van der Waals surface area contributed by atoms with Crippen LogP contribution in [0.1, 0.15) is 24.0 Å². The Morgan fingerprint density at radius 3 is 1.43 bits per heavy atom. The van der Waals surface area contributed by atoms with Crippen LogP contribution < -0.4 is 20.1 Å². The highest BCUT2D eigenvalue weighted by Gasteiger charge is 2.13. The van der Waals surface area contributed by atoms with Crippen molar-refractivity contribution in [2.75, 3.05) is 39.4 Å². The number of hydrogen-bond donors (Lipinski definition) is 2. The van der Waals surface area contributed by atoms with Crippen LogP contribution in [0.25, 0.3) is 0 Å². The lowest BCUT2D eigenvalue weighted by molar-refractivity contribution is -0.527. The largest absolute Gasteiger partial charge is 0.494 e. The van der Waals surface area contributed by atoms with E-state index in [2.05, 4.69) is 44.9 Å². The van der Waals surface area contributed by atoms with Crippen LogP contribution in [0.5, 0.6) is 11.5 Å². The van der Waals surface area contributed by atoms with E-state index in [1.807, 2.05) is 24.3 Å². The van der Waals surface area contributed by atoms with E-state index in [1.165, 1.54) is 11.1 Å². The van der Waals surface area contributed by atoms with Crippen molar-refractivity contribution in [2.45, 2.75) is 12.8 Å². The van der Waals surface area contributed by atoms with Crippen LogP contribution in [0.2, 0.25) is 0 Å². The molecule has 146 valence electrons. The van der Waals surface area contributed by atoms with Gasteiger partial charge in [-0.15, -0.1) is 0 Å². The van der Waals surface area contributed by atoms with Crippen molar-refractivity contribution in [2.24, 2.45) is 9.98 Å². The third kappa shape index (κ3) is 4.97. The second-order valence-corrected chi connectivity index (χ2v) is 6.97. The van der Waals surface area contributed by atoms with Crippen molar-refractivity contribution in [3.63, 3.8) is 0 Å². The Bertz CT molecular complexity index is 757. The molecule has 2 aromatic rings. The summed E-state index contributed by atoms with van der Waals surface area (Å²) in [4.78, 5) is 8.96. The second kappa shape index (κ2) is 9.48. The fourth-order valence-electron chi connectivity index (χ4n) is 3.35. The van der Waals surface area contributed by atoms with Crippen LogP contribution in [0.4, 0.5) is 0 Å². The van der Waals surface area contributed by atoms with Gasteiger partial charge < -0.3 is 9.47 Å². The maximum absolute atomic E-state index is 5.83. The van der Waals surface area contributed by atoms with E-state index in [0.717, 1.165) is 62.2 Å². The molecular formula is C22H28N4O2+2. The molecule has 4 rings (SSSR count). The van der Waals surface area contributed by atoms with Crippen molar-refractivity contribution in [3.8, 4) is 11.5 Å². The van der Waals surface area contributed by atoms with Crippen LogP contribution in [0, 0.1) is 0 Å². The molecular weight excluding hydrogens is 352 g/mol. The second-order valence-electron chi connectivity index (χ2n) is 6.97. The molecule has 2 aromatic carbocycles. The average Bonchev–Trinajstić information content (AvgIpc) is 3.46. The van der Waals surface area contributed by atoms with Crippen molar-refractivity contribution in [1.29, 1.82) is 0 Å². The van der Waals surface area contributed by atoms with Gasteiger partial charge in [0.1, 0.15) is 24.6 Å². The Kier molecular flexibility index (Phi) is 6.32. The first-order chi connectivity index (χ1) is 13.9. The fraction of sp³-hybridized carbons (Fsp3) is 0.364. The van der Waals surface area contributed by atoms with E-state index in [4.69, 9.17) is 9.47 Å². The predicted octanol–water partition coefficient (Wildman–Crippen LogP) is 0.572. The summed E-state index contributed by atoms with van der Waals surface area (Å²) in [5, 5.41) is 4.37. The molecule has 6 nitrogen and oxygen atoms in total. The molecule has 0 amide bonds. The number of nitrogens with two attached hydrogens (primary N) is 2. The lowest BCUT2D eigenvalue weighted by Crippen LogP contribution is -2.86. The van der Waals surface area contributed by atoms with Gasteiger partial charge in [0.15, 0.2) is 0 Å². The number of hydrogen-bond acceptors (Lipinski definition) is 4. The normalized spacial score (nSPS) is 16.0. The summed E-state index contributed by atoms with van der Waals surface area (Å²) >= 11 is 0. The molecule has 2 heterocycles. The smallest absolute Gasteiger partial charge is 0.227 e. The van der Waals surface area contributed by atoms with E-state index < -0.39 is 0 Å². The SMILES string of the molecule is c1cc(C2=NCC[NH2+]2)ccc1OCCCCOc1ccc(C2=NCC[NH2+]2)cc1. The molecule has 0 aromatic heterocycles. The number of rotatable bonds is 9. The summed E-state index contributed by atoms with van der Waals surface area (Å²) in [5.41, 5.74) is 2.34. The van der Waals surface area contributed by atoms with Crippen LogP contribution in [-0.2, 0) is 0 Å². The fourth-order valence-corrected chi connectivity index (χ4v) is 3.35. The standard InChI is InChI=1S/C22H26N4O2/c1(15-27-19-7-3-17(4-8-19)21-23-11-12-24-21)2-16-28-20-9-5-18(6-10-20)22-25-13-14-26-22/h3-10H,1-2,11-16H2,(H,23,24)(H,25,26)/p+2. The highest BCUT2D eigenvalue weighted by atomic mass is 16.5. The van der Waals surface area contributed by atoms with Crippen molar-refractivity contribution in [1.82, 2.24) is 0 Å². The molecule has 0 bridgehead atoms. The van der Waals surface area contributed by atoms with Crippen molar-refractivity contribution in [3.05, 3.63) is 59.7 Å². The van der Waals surface area contributed by atoms with Gasteiger partial charge in [0, 0.05) is 0 Å². The Labute approximate surface area is 165 Å². The van der Waals surface area contributed by atoms with E-state index in [9.17, 15) is 0 Å². The summed E-state index contributed by atoms with van der Waals surface area (Å²) in [6.45, 7) is 5.32. The quantitative estimate of drug-likeness (QED) is 0.624. The Hall–Kier alpha value is -2.70. The molecule has 0 fully saturated rings. The minimum atomic E-state index is 0.699. The number of nitrogens with zero attached hydrogens (tertiary/aromatic N) is 2. The third-order valence-electron chi connectivity index (χ3n) is 4.87. The number of amidine groups is 2. The van der Waals surface area contributed by atoms with E-state index in [-0.39, 0.29) is 0 Å². The first-order valence-corrected chi connectivity index (χ1v) is 10.1. The molecule has 0 saturated carbocycles. The van der Waals surface area contributed by atoms with Gasteiger partial charge in [0.25, 0.3) is 0 Å². The third-order valence-corrected chi connectivity index (χ3v) is 4.87. The van der Waals surface area contributed by atoms with Gasteiger partial charge in [-0.1, -0.05) is 0 Å². The summed E-state index contributed by atoms with van der Waals surface area (Å²) in [6, 6.07) is 16.4. The zero-order valence-corrected chi connectivity index (χ0v) is 16.1. The molecule has 0 aliphatic carbocycles. The van der Waals surface area contributed by atoms with E-state index >= 15 is 0 Å². The maximum Gasteiger partial charge on any atom is 0.227 e. The zero-order valence-electron chi connectivity index (χ0n) is 16.1. The van der Waals surface area contributed by atoms with Crippen LogP contribution >= 0.6 is 0 Å². The van der Waals surface area contributed by atoms with Crippen LogP contribution in [-0.4, -0.2) is 51.1 Å². The van der Waals surface area contributed by atoms with Crippen LogP contribution in [0.3, 0.4) is 0 Å². The van der Waals surface area contributed by atoms with Gasteiger partial charge >= 0.3 is 0 Å². The zero-order chi connectivity index (χ0) is 19.0. The van der Waals surface area contributed by atoms with Crippen LogP contribution in [0.15, 0.2) is 58.5 Å². The number of ether oxygens (including phenoxy) is 2. The minimum absolute atomic E-state index is 0.699.